The van der Waals surface area contributed by atoms with E-state index in [4.69, 9.17) is 16.3 Å². The maximum atomic E-state index is 12.5. The van der Waals surface area contributed by atoms with Crippen molar-refractivity contribution in [3.8, 4) is 5.75 Å². The van der Waals surface area contributed by atoms with Gasteiger partial charge in [0, 0.05) is 11.6 Å². The molecule has 0 spiro atoms. The van der Waals surface area contributed by atoms with Gasteiger partial charge in [0.1, 0.15) is 5.75 Å². The van der Waals surface area contributed by atoms with Gasteiger partial charge in [-0.3, -0.25) is 0 Å². The van der Waals surface area contributed by atoms with Gasteiger partial charge in [0.25, 0.3) is 0 Å². The zero-order chi connectivity index (χ0) is 16.3. The molecule has 2 aromatic carbocycles. The van der Waals surface area contributed by atoms with Crippen LogP contribution in [-0.2, 0) is 16.6 Å². The lowest BCUT2D eigenvalue weighted by Gasteiger charge is -2.13. The van der Waals surface area contributed by atoms with Crippen molar-refractivity contribution < 1.29 is 13.2 Å². The Hall–Kier alpha value is -1.56. The number of rotatable bonds is 5. The molecule has 0 saturated heterocycles. The van der Waals surface area contributed by atoms with E-state index in [0.29, 0.717) is 16.3 Å². The lowest BCUT2D eigenvalue weighted by molar-refractivity contribution is 0.411. The lowest BCUT2D eigenvalue weighted by atomic mass is 10.1. The molecule has 118 valence electrons. The number of benzene rings is 2. The molecule has 22 heavy (non-hydrogen) atoms. The highest BCUT2D eigenvalue weighted by molar-refractivity contribution is 7.89. The number of hydrogen-bond acceptors (Lipinski definition) is 3. The van der Waals surface area contributed by atoms with Crippen LogP contribution >= 0.6 is 11.6 Å². The summed E-state index contributed by atoms with van der Waals surface area (Å²) in [5, 5.41) is 0.619. The van der Waals surface area contributed by atoms with Crippen LogP contribution in [0.5, 0.6) is 5.75 Å². The highest BCUT2D eigenvalue weighted by Gasteiger charge is 2.18. The highest BCUT2D eigenvalue weighted by Crippen LogP contribution is 2.25. The van der Waals surface area contributed by atoms with E-state index in [9.17, 15) is 8.42 Å². The van der Waals surface area contributed by atoms with E-state index in [1.165, 1.54) is 0 Å². The van der Waals surface area contributed by atoms with Crippen molar-refractivity contribution in [2.45, 2.75) is 25.3 Å². The van der Waals surface area contributed by atoms with Crippen molar-refractivity contribution in [1.82, 2.24) is 4.72 Å². The largest absolute Gasteiger partial charge is 0.496 e. The Kier molecular flexibility index (Phi) is 5.11. The number of nitrogens with one attached hydrogen (secondary N) is 1. The molecule has 0 aliphatic rings. The third-order valence-electron chi connectivity index (χ3n) is 3.36. The van der Waals surface area contributed by atoms with E-state index in [1.807, 2.05) is 6.92 Å². The summed E-state index contributed by atoms with van der Waals surface area (Å²) in [6.45, 7) is 3.78. The summed E-state index contributed by atoms with van der Waals surface area (Å²) in [5.41, 5.74) is 2.27. The number of halogens is 1. The zero-order valence-electron chi connectivity index (χ0n) is 12.7. The molecule has 0 atom stereocenters. The number of sulfonamides is 1. The Morgan fingerprint density at radius 2 is 1.73 bits per heavy atom. The maximum absolute atomic E-state index is 12.5. The molecule has 0 aliphatic heterocycles. The van der Waals surface area contributed by atoms with Crippen molar-refractivity contribution in [1.29, 1.82) is 0 Å². The van der Waals surface area contributed by atoms with Gasteiger partial charge in [0.05, 0.1) is 12.0 Å². The van der Waals surface area contributed by atoms with E-state index in [0.717, 1.165) is 11.1 Å². The average Bonchev–Trinajstić information content (AvgIpc) is 2.48. The van der Waals surface area contributed by atoms with Crippen LogP contribution in [0.4, 0.5) is 0 Å². The van der Waals surface area contributed by atoms with Crippen molar-refractivity contribution in [2.75, 3.05) is 7.11 Å². The molecule has 0 saturated carbocycles. The van der Waals surface area contributed by atoms with Crippen LogP contribution in [0, 0.1) is 13.8 Å². The number of hydrogen-bond donors (Lipinski definition) is 1. The summed E-state index contributed by atoms with van der Waals surface area (Å²) in [6, 6.07) is 10.4. The monoisotopic (exact) mass is 339 g/mol. The van der Waals surface area contributed by atoms with Gasteiger partial charge in [-0.2, -0.15) is 0 Å². The number of methoxy groups -OCH3 is 1. The van der Waals surface area contributed by atoms with Gasteiger partial charge >= 0.3 is 0 Å². The Morgan fingerprint density at radius 3 is 2.32 bits per heavy atom. The normalized spacial score (nSPS) is 11.5. The Morgan fingerprint density at radius 1 is 1.09 bits per heavy atom. The van der Waals surface area contributed by atoms with Crippen LogP contribution in [0.15, 0.2) is 41.3 Å². The van der Waals surface area contributed by atoms with Crippen molar-refractivity contribution in [2.24, 2.45) is 0 Å². The number of aryl methyl sites for hydroxylation is 2. The second kappa shape index (κ2) is 6.69. The molecule has 0 fully saturated rings. The summed E-state index contributed by atoms with van der Waals surface area (Å²) in [6.07, 6.45) is 0. The van der Waals surface area contributed by atoms with Gasteiger partial charge in [-0.1, -0.05) is 23.7 Å². The zero-order valence-corrected chi connectivity index (χ0v) is 14.3. The van der Waals surface area contributed by atoms with Crippen LogP contribution in [-0.4, -0.2) is 15.5 Å². The van der Waals surface area contributed by atoms with Crippen LogP contribution < -0.4 is 9.46 Å². The SMILES string of the molecule is COc1cc(C)c(S(=O)(=O)NCc2ccc(Cl)cc2)cc1C. The van der Waals surface area contributed by atoms with Gasteiger partial charge in [-0.05, 0) is 54.8 Å². The summed E-state index contributed by atoms with van der Waals surface area (Å²) in [5.74, 6) is 0.675. The minimum atomic E-state index is -3.59. The molecule has 0 aliphatic carbocycles. The number of ether oxygens (including phenoxy) is 1. The Labute approximate surface area is 136 Å². The fraction of sp³-hybridized carbons (Fsp3) is 0.250. The molecule has 6 heteroatoms. The van der Waals surface area contributed by atoms with Gasteiger partial charge in [-0.15, -0.1) is 0 Å². The van der Waals surface area contributed by atoms with Crippen LogP contribution in [0.3, 0.4) is 0 Å². The van der Waals surface area contributed by atoms with Crippen LogP contribution in [0.1, 0.15) is 16.7 Å². The van der Waals surface area contributed by atoms with Crippen molar-refractivity contribution in [3.63, 3.8) is 0 Å². The fourth-order valence-electron chi connectivity index (χ4n) is 2.13. The minimum Gasteiger partial charge on any atom is -0.496 e. The summed E-state index contributed by atoms with van der Waals surface area (Å²) < 4.78 is 32.7. The molecular weight excluding hydrogens is 322 g/mol. The smallest absolute Gasteiger partial charge is 0.241 e. The molecule has 2 rings (SSSR count). The first-order valence-corrected chi connectivity index (χ1v) is 8.59. The van der Waals surface area contributed by atoms with Crippen LogP contribution in [0.2, 0.25) is 5.02 Å². The molecule has 0 radical (unpaired) electrons. The second-order valence-electron chi connectivity index (χ2n) is 5.04. The minimum absolute atomic E-state index is 0.212. The lowest BCUT2D eigenvalue weighted by Crippen LogP contribution is -2.24. The molecule has 0 bridgehead atoms. The topological polar surface area (TPSA) is 55.4 Å². The Bertz CT molecular complexity index is 771. The summed E-state index contributed by atoms with van der Waals surface area (Å²) in [4.78, 5) is 0.264. The molecule has 0 heterocycles. The standard InChI is InChI=1S/C16H18ClNO3S/c1-11-9-16(12(2)8-15(11)21-3)22(19,20)18-10-13-4-6-14(17)7-5-13/h4-9,18H,10H2,1-3H3. The van der Waals surface area contributed by atoms with Gasteiger partial charge in [0.2, 0.25) is 10.0 Å². The molecule has 0 aromatic heterocycles. The van der Waals surface area contributed by atoms with E-state index < -0.39 is 10.0 Å². The first-order chi connectivity index (χ1) is 10.3. The molecule has 1 N–H and O–H groups in total. The average molecular weight is 340 g/mol. The quantitative estimate of drug-likeness (QED) is 0.907. The highest BCUT2D eigenvalue weighted by atomic mass is 35.5. The molecule has 0 unspecified atom stereocenters. The molecule has 4 nitrogen and oxygen atoms in total. The molecular formula is C16H18ClNO3S. The van der Waals surface area contributed by atoms with Gasteiger partial charge in [0.15, 0.2) is 0 Å². The predicted molar refractivity (Wildman–Crippen MR) is 87.9 cm³/mol. The third kappa shape index (κ3) is 3.80. The van der Waals surface area contributed by atoms with E-state index >= 15 is 0 Å². The van der Waals surface area contributed by atoms with E-state index in [-0.39, 0.29) is 11.4 Å². The first-order valence-electron chi connectivity index (χ1n) is 6.73. The molecule has 2 aromatic rings. The Balaban J connectivity index is 2.23. The predicted octanol–water partition coefficient (Wildman–Crippen LogP) is 3.44. The van der Waals surface area contributed by atoms with Crippen LogP contribution in [0.25, 0.3) is 0 Å². The van der Waals surface area contributed by atoms with E-state index in [1.54, 1.807) is 50.4 Å². The van der Waals surface area contributed by atoms with E-state index in [2.05, 4.69) is 4.72 Å². The summed E-state index contributed by atoms with van der Waals surface area (Å²) in [7, 11) is -2.02. The maximum Gasteiger partial charge on any atom is 0.241 e. The third-order valence-corrected chi connectivity index (χ3v) is 5.16. The van der Waals surface area contributed by atoms with Crippen molar-refractivity contribution in [3.05, 3.63) is 58.1 Å². The molecule has 0 amide bonds. The van der Waals surface area contributed by atoms with Gasteiger partial charge in [-0.25, -0.2) is 13.1 Å². The first kappa shape index (κ1) is 16.8. The van der Waals surface area contributed by atoms with Gasteiger partial charge < -0.3 is 4.74 Å². The summed E-state index contributed by atoms with van der Waals surface area (Å²) >= 11 is 5.81. The fourth-order valence-corrected chi connectivity index (χ4v) is 3.58. The van der Waals surface area contributed by atoms with Crippen molar-refractivity contribution >= 4 is 21.6 Å². The second-order valence-corrected chi connectivity index (χ2v) is 7.21.